The van der Waals surface area contributed by atoms with Gasteiger partial charge in [0.05, 0.1) is 6.54 Å². The molecule has 6 N–H and O–H groups in total. The van der Waals surface area contributed by atoms with Gasteiger partial charge in [-0.2, -0.15) is 0 Å². The Balaban J connectivity index is 1.78. The lowest BCUT2D eigenvalue weighted by molar-refractivity contribution is -0.161. The van der Waals surface area contributed by atoms with E-state index in [9.17, 15) is 29.1 Å². The van der Waals surface area contributed by atoms with Crippen LogP contribution in [0, 0.1) is 0 Å². The Kier molecular flexibility index (Phi) is 7.11. The summed E-state index contributed by atoms with van der Waals surface area (Å²) < 4.78 is -0.661. The second-order valence-electron chi connectivity index (χ2n) is 7.55. The molecular formula is C17H26N4O7S. The summed E-state index contributed by atoms with van der Waals surface area (Å²) in [5, 5.41) is 23.0. The molecule has 0 aromatic carbocycles. The maximum Gasteiger partial charge on any atom is 0.327 e. The van der Waals surface area contributed by atoms with E-state index in [1.807, 2.05) is 0 Å². The van der Waals surface area contributed by atoms with Crippen LogP contribution in [0.3, 0.4) is 0 Å². The van der Waals surface area contributed by atoms with Crippen molar-refractivity contribution in [2.45, 2.75) is 67.8 Å². The summed E-state index contributed by atoms with van der Waals surface area (Å²) in [4.78, 5) is 59.6. The fourth-order valence-electron chi connectivity index (χ4n) is 3.54. The molecule has 12 heteroatoms. The van der Waals surface area contributed by atoms with Gasteiger partial charge in [-0.15, -0.1) is 11.8 Å². The van der Waals surface area contributed by atoms with Gasteiger partial charge in [0.2, 0.25) is 17.7 Å². The van der Waals surface area contributed by atoms with Crippen molar-refractivity contribution in [1.29, 1.82) is 0 Å². The molecule has 11 nitrogen and oxygen atoms in total. The van der Waals surface area contributed by atoms with E-state index >= 15 is 0 Å². The zero-order valence-electron chi connectivity index (χ0n) is 16.2. The van der Waals surface area contributed by atoms with E-state index in [4.69, 9.17) is 10.8 Å². The van der Waals surface area contributed by atoms with E-state index in [0.29, 0.717) is 12.8 Å². The number of fused-ring (bicyclic) bond motifs is 1. The predicted molar refractivity (Wildman–Crippen MR) is 103 cm³/mol. The number of unbranched alkanes of at least 4 members (excludes halogenated alkanes) is 1. The van der Waals surface area contributed by atoms with Crippen molar-refractivity contribution >= 4 is 41.4 Å². The number of hydrogen-bond donors (Lipinski definition) is 5. The van der Waals surface area contributed by atoms with E-state index in [2.05, 4.69) is 10.6 Å². The van der Waals surface area contributed by atoms with Crippen LogP contribution in [0.1, 0.15) is 39.5 Å². The zero-order valence-corrected chi connectivity index (χ0v) is 17.0. The molecule has 4 atom stereocenters. The number of nitrogens with zero attached hydrogens (tertiary/aromatic N) is 1. The number of nitrogens with two attached hydrogens (primary N) is 1. The van der Waals surface area contributed by atoms with Gasteiger partial charge in [-0.05, 0) is 26.7 Å². The number of amides is 3. The van der Waals surface area contributed by atoms with Crippen LogP contribution < -0.4 is 16.4 Å². The highest BCUT2D eigenvalue weighted by atomic mass is 32.2. The SMILES string of the molecule is CC1(C)S[C@@H]2[C@H](NC(=O)CCCC[C@H](NC(=O)CN)C(=O)O)C(=O)N2[C@H]1C(=O)O. The topological polar surface area (TPSA) is 179 Å². The Labute approximate surface area is 171 Å². The van der Waals surface area contributed by atoms with Crippen LogP contribution in [0.15, 0.2) is 0 Å². The van der Waals surface area contributed by atoms with E-state index in [1.165, 1.54) is 16.7 Å². The molecule has 0 saturated carbocycles. The number of carboxylic acid groups (broad SMARTS) is 2. The third-order valence-electron chi connectivity index (χ3n) is 4.96. The quantitative estimate of drug-likeness (QED) is 0.208. The zero-order chi connectivity index (χ0) is 21.9. The Morgan fingerprint density at radius 2 is 1.86 bits per heavy atom. The van der Waals surface area contributed by atoms with Gasteiger partial charge in [-0.25, -0.2) is 9.59 Å². The molecule has 2 saturated heterocycles. The molecule has 0 unspecified atom stereocenters. The molecule has 0 bridgehead atoms. The Bertz CT molecular complexity index is 714. The smallest absolute Gasteiger partial charge is 0.327 e. The monoisotopic (exact) mass is 430 g/mol. The average molecular weight is 430 g/mol. The highest BCUT2D eigenvalue weighted by Crippen LogP contribution is 2.50. The lowest BCUT2D eigenvalue weighted by Gasteiger charge is -2.43. The van der Waals surface area contributed by atoms with E-state index in [1.54, 1.807) is 13.8 Å². The third kappa shape index (κ3) is 4.99. The van der Waals surface area contributed by atoms with Crippen molar-refractivity contribution in [2.24, 2.45) is 5.73 Å². The van der Waals surface area contributed by atoms with Crippen LogP contribution in [0.4, 0.5) is 0 Å². The molecule has 0 spiro atoms. The van der Waals surface area contributed by atoms with Gasteiger partial charge in [0.15, 0.2) is 0 Å². The normalized spacial score (nSPS) is 25.6. The van der Waals surface area contributed by atoms with Gasteiger partial charge >= 0.3 is 11.9 Å². The van der Waals surface area contributed by atoms with Gasteiger partial charge < -0.3 is 31.5 Å². The maximum atomic E-state index is 12.3. The van der Waals surface area contributed by atoms with Gasteiger partial charge in [-0.3, -0.25) is 14.4 Å². The molecule has 0 aromatic heterocycles. The molecule has 2 rings (SSSR count). The van der Waals surface area contributed by atoms with Gasteiger partial charge in [0.1, 0.15) is 23.5 Å². The Morgan fingerprint density at radius 3 is 2.41 bits per heavy atom. The number of nitrogens with one attached hydrogen (secondary N) is 2. The fraction of sp³-hybridized carbons (Fsp3) is 0.706. The first kappa shape index (κ1) is 22.9. The number of rotatable bonds is 10. The second-order valence-corrected chi connectivity index (χ2v) is 9.32. The first-order chi connectivity index (χ1) is 13.5. The molecule has 3 amide bonds. The molecule has 162 valence electrons. The first-order valence-corrected chi connectivity index (χ1v) is 10.1. The lowest BCUT2D eigenvalue weighted by Crippen LogP contribution is -2.70. The van der Waals surface area contributed by atoms with Crippen LogP contribution >= 0.6 is 11.8 Å². The maximum absolute atomic E-state index is 12.3. The molecule has 2 heterocycles. The summed E-state index contributed by atoms with van der Waals surface area (Å²) in [5.41, 5.74) is 5.15. The fourth-order valence-corrected chi connectivity index (χ4v) is 5.16. The minimum absolute atomic E-state index is 0.0874. The second kappa shape index (κ2) is 8.99. The van der Waals surface area contributed by atoms with Gasteiger partial charge in [0, 0.05) is 11.2 Å². The number of carboxylic acids is 2. The van der Waals surface area contributed by atoms with Crippen molar-refractivity contribution in [3.05, 3.63) is 0 Å². The summed E-state index contributed by atoms with van der Waals surface area (Å²) in [6.45, 7) is 3.20. The number of β-lactam (4-membered cyclic amide) rings is 1. The highest BCUT2D eigenvalue weighted by molar-refractivity contribution is 8.01. The van der Waals surface area contributed by atoms with Gasteiger partial charge in [-0.1, -0.05) is 6.42 Å². The van der Waals surface area contributed by atoms with Crippen molar-refractivity contribution < 1.29 is 34.2 Å². The average Bonchev–Trinajstić information content (AvgIpc) is 2.89. The van der Waals surface area contributed by atoms with Crippen LogP contribution in [0.5, 0.6) is 0 Å². The largest absolute Gasteiger partial charge is 0.480 e. The molecule has 2 aliphatic rings. The Morgan fingerprint density at radius 1 is 1.21 bits per heavy atom. The minimum Gasteiger partial charge on any atom is -0.480 e. The summed E-state index contributed by atoms with van der Waals surface area (Å²) in [7, 11) is 0. The molecule has 2 fully saturated rings. The summed E-state index contributed by atoms with van der Waals surface area (Å²) in [5.74, 6) is -3.59. The lowest BCUT2D eigenvalue weighted by atomic mass is 9.96. The molecule has 0 radical (unpaired) electrons. The molecule has 29 heavy (non-hydrogen) atoms. The number of hydrogen-bond acceptors (Lipinski definition) is 7. The van der Waals surface area contributed by atoms with Crippen molar-refractivity contribution in [3.8, 4) is 0 Å². The highest BCUT2D eigenvalue weighted by Gasteiger charge is 2.64. The number of aliphatic carboxylic acids is 2. The van der Waals surface area contributed by atoms with Crippen LogP contribution in [-0.2, 0) is 24.0 Å². The van der Waals surface area contributed by atoms with Crippen molar-refractivity contribution in [3.63, 3.8) is 0 Å². The third-order valence-corrected chi connectivity index (χ3v) is 6.53. The van der Waals surface area contributed by atoms with Crippen LogP contribution in [0.2, 0.25) is 0 Å². The summed E-state index contributed by atoms with van der Waals surface area (Å²) in [6, 6.07) is -2.76. The molecular weight excluding hydrogens is 404 g/mol. The van der Waals surface area contributed by atoms with Crippen LogP contribution in [-0.4, -0.2) is 79.6 Å². The minimum atomic E-state index is -1.18. The summed E-state index contributed by atoms with van der Waals surface area (Å²) >= 11 is 1.34. The van der Waals surface area contributed by atoms with E-state index in [-0.39, 0.29) is 25.3 Å². The van der Waals surface area contributed by atoms with Crippen molar-refractivity contribution in [1.82, 2.24) is 15.5 Å². The Hall–Kier alpha value is -2.34. The van der Waals surface area contributed by atoms with Crippen LogP contribution in [0.25, 0.3) is 0 Å². The molecule has 0 aliphatic carbocycles. The number of carbonyl (C=O) groups is 5. The van der Waals surface area contributed by atoms with Gasteiger partial charge in [0.25, 0.3) is 0 Å². The van der Waals surface area contributed by atoms with Crippen molar-refractivity contribution in [2.75, 3.05) is 6.54 Å². The number of thioether (sulfide) groups is 1. The first-order valence-electron chi connectivity index (χ1n) is 9.24. The molecule has 2 aliphatic heterocycles. The predicted octanol–water partition coefficient (Wildman–Crippen LogP) is -1.29. The number of carbonyl (C=O) groups excluding carboxylic acids is 3. The van der Waals surface area contributed by atoms with E-state index < -0.39 is 52.0 Å². The standard InChI is InChI=1S/C17H26N4O7S/c1-17(2)12(16(27)28)21-13(24)11(14(21)29-17)20-9(22)6-4-3-5-8(15(25)26)19-10(23)7-18/h8,11-12,14H,3-7,18H2,1-2H3,(H,19,23)(H,20,22)(H,25,26)(H,27,28)/t8-,11+,12-,14+/m0/s1. The van der Waals surface area contributed by atoms with E-state index in [0.717, 1.165) is 0 Å². The summed E-state index contributed by atoms with van der Waals surface area (Å²) in [6.07, 6.45) is 0.994. The molecule has 0 aromatic rings.